The lowest BCUT2D eigenvalue weighted by molar-refractivity contribution is -0.141. The topological polar surface area (TPSA) is 64.0 Å². The van der Waals surface area contributed by atoms with Crippen LogP contribution in [0.2, 0.25) is 0 Å². The van der Waals surface area contributed by atoms with E-state index in [-0.39, 0.29) is 5.69 Å². The second-order valence-corrected chi connectivity index (χ2v) is 9.99. The highest BCUT2D eigenvalue weighted by atomic mass is 79.9. The Labute approximate surface area is 197 Å². The largest absolute Gasteiger partial charge is 0.435 e. The van der Waals surface area contributed by atoms with Crippen LogP contribution in [0.4, 0.5) is 18.9 Å². The van der Waals surface area contributed by atoms with Crippen molar-refractivity contribution in [2.75, 3.05) is 11.0 Å². The number of rotatable bonds is 5. The van der Waals surface area contributed by atoms with Crippen molar-refractivity contribution >= 4 is 31.6 Å². The maximum Gasteiger partial charge on any atom is 0.435 e. The summed E-state index contributed by atoms with van der Waals surface area (Å²) in [7, 11) is -3.47. The first-order valence-electron chi connectivity index (χ1n) is 9.61. The summed E-state index contributed by atoms with van der Waals surface area (Å²) in [6.45, 7) is 0. The van der Waals surface area contributed by atoms with Crippen LogP contribution in [0.1, 0.15) is 5.69 Å². The van der Waals surface area contributed by atoms with E-state index in [1.54, 1.807) is 12.1 Å². The minimum Gasteiger partial charge on any atom is -0.284 e. The van der Waals surface area contributed by atoms with E-state index in [0.717, 1.165) is 27.9 Å². The van der Waals surface area contributed by atoms with Crippen LogP contribution in [0.5, 0.6) is 0 Å². The van der Waals surface area contributed by atoms with E-state index in [0.29, 0.717) is 16.9 Å². The van der Waals surface area contributed by atoms with Crippen LogP contribution in [-0.4, -0.2) is 24.5 Å². The Hall–Kier alpha value is -3.11. The first kappa shape index (κ1) is 23.1. The Bertz CT molecular complexity index is 1380. The number of aromatic nitrogens is 2. The highest BCUT2D eigenvalue weighted by molar-refractivity contribution is 9.10. The molecular formula is C23H17BrF3N3O2S. The Kier molecular flexibility index (Phi) is 6.06. The van der Waals surface area contributed by atoms with Gasteiger partial charge in [-0.3, -0.25) is 4.72 Å². The number of nitrogens with one attached hydrogen (secondary N) is 1. The maximum absolute atomic E-state index is 13.4. The van der Waals surface area contributed by atoms with Gasteiger partial charge in [0.2, 0.25) is 10.0 Å². The predicted octanol–water partition coefficient (Wildman–Crippen LogP) is 6.36. The van der Waals surface area contributed by atoms with Gasteiger partial charge in [-0.05, 0) is 53.6 Å². The number of alkyl halides is 3. The molecule has 0 radical (unpaired) electrons. The number of sulfonamides is 1. The molecule has 0 amide bonds. The Morgan fingerprint density at radius 3 is 1.88 bits per heavy atom. The SMILES string of the molecule is CS(=O)(=O)Nc1ccc(-n2nc(C(F)(F)F)cc2-c2ccc(-c3ccc(Br)cc3)cc2)cc1. The van der Waals surface area contributed by atoms with Crippen LogP contribution in [0.15, 0.2) is 83.3 Å². The van der Waals surface area contributed by atoms with Gasteiger partial charge in [0, 0.05) is 15.7 Å². The summed E-state index contributed by atoms with van der Waals surface area (Å²) >= 11 is 3.39. The molecule has 0 fully saturated rings. The molecule has 4 aromatic rings. The Balaban J connectivity index is 1.74. The molecule has 4 rings (SSSR count). The molecular weight excluding hydrogens is 519 g/mol. The van der Waals surface area contributed by atoms with Gasteiger partial charge in [-0.2, -0.15) is 18.3 Å². The number of hydrogen-bond donors (Lipinski definition) is 1. The van der Waals surface area contributed by atoms with Gasteiger partial charge < -0.3 is 0 Å². The van der Waals surface area contributed by atoms with Gasteiger partial charge in [-0.1, -0.05) is 52.3 Å². The predicted molar refractivity (Wildman–Crippen MR) is 126 cm³/mol. The molecule has 33 heavy (non-hydrogen) atoms. The van der Waals surface area contributed by atoms with Crippen molar-refractivity contribution in [1.29, 1.82) is 0 Å². The van der Waals surface area contributed by atoms with Crippen molar-refractivity contribution in [3.05, 3.63) is 89.0 Å². The van der Waals surface area contributed by atoms with E-state index >= 15 is 0 Å². The van der Waals surface area contributed by atoms with Crippen LogP contribution in [0, 0.1) is 0 Å². The molecule has 0 bridgehead atoms. The van der Waals surface area contributed by atoms with E-state index < -0.39 is 21.9 Å². The lowest BCUT2D eigenvalue weighted by atomic mass is 10.0. The van der Waals surface area contributed by atoms with E-state index in [1.807, 2.05) is 36.4 Å². The summed E-state index contributed by atoms with van der Waals surface area (Å²) in [6, 6.07) is 21.8. The summed E-state index contributed by atoms with van der Waals surface area (Å²) in [6.07, 6.45) is -3.60. The van der Waals surface area contributed by atoms with Gasteiger partial charge in [0.05, 0.1) is 17.6 Å². The normalized spacial score (nSPS) is 12.0. The summed E-state index contributed by atoms with van der Waals surface area (Å²) in [4.78, 5) is 0. The number of nitrogens with zero attached hydrogens (tertiary/aromatic N) is 2. The molecule has 5 nitrogen and oxygen atoms in total. The molecule has 10 heteroatoms. The third kappa shape index (κ3) is 5.45. The van der Waals surface area contributed by atoms with E-state index in [2.05, 4.69) is 25.8 Å². The monoisotopic (exact) mass is 535 g/mol. The smallest absolute Gasteiger partial charge is 0.284 e. The molecule has 0 spiro atoms. The quantitative estimate of drug-likeness (QED) is 0.323. The standard InChI is InChI=1S/C23H17BrF3N3O2S/c1-33(31,32)29-19-10-12-20(13-11-19)30-21(14-22(28-30)23(25,26)27)17-4-2-15(3-5-17)16-6-8-18(24)9-7-16/h2-14,29H,1H3. The molecule has 1 aromatic heterocycles. The second kappa shape index (κ2) is 8.68. The van der Waals surface area contributed by atoms with Crippen molar-refractivity contribution in [2.45, 2.75) is 6.18 Å². The lowest BCUT2D eigenvalue weighted by Crippen LogP contribution is -2.10. The maximum atomic E-state index is 13.4. The second-order valence-electron chi connectivity index (χ2n) is 7.33. The fourth-order valence-electron chi connectivity index (χ4n) is 3.28. The highest BCUT2D eigenvalue weighted by Gasteiger charge is 2.35. The van der Waals surface area contributed by atoms with Crippen LogP contribution in [0.25, 0.3) is 28.1 Å². The van der Waals surface area contributed by atoms with Gasteiger partial charge in [-0.15, -0.1) is 0 Å². The fourth-order valence-corrected chi connectivity index (χ4v) is 4.11. The first-order chi connectivity index (χ1) is 15.5. The molecule has 0 aliphatic carbocycles. The van der Waals surface area contributed by atoms with Crippen LogP contribution in [-0.2, 0) is 16.2 Å². The highest BCUT2D eigenvalue weighted by Crippen LogP contribution is 2.34. The molecule has 0 aliphatic rings. The Morgan fingerprint density at radius 1 is 0.848 bits per heavy atom. The number of anilines is 1. The van der Waals surface area contributed by atoms with Crippen LogP contribution in [0.3, 0.4) is 0 Å². The average molecular weight is 536 g/mol. The molecule has 1 N–H and O–H groups in total. The summed E-state index contributed by atoms with van der Waals surface area (Å²) in [5.41, 5.74) is 2.34. The van der Waals surface area contributed by atoms with E-state index in [4.69, 9.17) is 0 Å². The van der Waals surface area contributed by atoms with Gasteiger partial charge >= 0.3 is 6.18 Å². The van der Waals surface area contributed by atoms with Gasteiger partial charge in [-0.25, -0.2) is 13.1 Å². The number of halogens is 4. The molecule has 0 unspecified atom stereocenters. The van der Waals surface area contributed by atoms with Gasteiger partial charge in [0.25, 0.3) is 0 Å². The average Bonchev–Trinajstić information content (AvgIpc) is 3.20. The van der Waals surface area contributed by atoms with Gasteiger partial charge in [0.15, 0.2) is 5.69 Å². The summed E-state index contributed by atoms with van der Waals surface area (Å²) < 4.78 is 67.5. The molecule has 0 saturated carbocycles. The minimum atomic E-state index is -4.62. The Morgan fingerprint density at radius 2 is 1.36 bits per heavy atom. The minimum absolute atomic E-state index is 0.258. The number of benzene rings is 3. The van der Waals surface area contributed by atoms with E-state index in [9.17, 15) is 21.6 Å². The van der Waals surface area contributed by atoms with Crippen molar-refractivity contribution < 1.29 is 21.6 Å². The number of hydrogen-bond acceptors (Lipinski definition) is 3. The van der Waals surface area contributed by atoms with Crippen LogP contribution < -0.4 is 4.72 Å². The summed E-state index contributed by atoms with van der Waals surface area (Å²) in [5.74, 6) is 0. The first-order valence-corrected chi connectivity index (χ1v) is 12.3. The zero-order chi connectivity index (χ0) is 23.8. The van der Waals surface area contributed by atoms with Crippen molar-refractivity contribution in [2.24, 2.45) is 0 Å². The van der Waals surface area contributed by atoms with Gasteiger partial charge in [0.1, 0.15) is 0 Å². The van der Waals surface area contributed by atoms with Crippen molar-refractivity contribution in [3.63, 3.8) is 0 Å². The summed E-state index contributed by atoms with van der Waals surface area (Å²) in [5, 5.41) is 3.77. The molecule has 3 aromatic carbocycles. The fraction of sp³-hybridized carbons (Fsp3) is 0.0870. The zero-order valence-corrected chi connectivity index (χ0v) is 19.5. The lowest BCUT2D eigenvalue weighted by Gasteiger charge is -2.10. The molecule has 0 atom stereocenters. The van der Waals surface area contributed by atoms with Crippen LogP contribution >= 0.6 is 15.9 Å². The molecule has 170 valence electrons. The van der Waals surface area contributed by atoms with Crippen molar-refractivity contribution in [3.8, 4) is 28.1 Å². The zero-order valence-electron chi connectivity index (χ0n) is 17.1. The molecule has 0 saturated heterocycles. The molecule has 1 heterocycles. The van der Waals surface area contributed by atoms with Crippen molar-refractivity contribution in [1.82, 2.24) is 9.78 Å². The third-order valence-corrected chi connectivity index (χ3v) is 5.91. The van der Waals surface area contributed by atoms with E-state index in [1.165, 1.54) is 28.9 Å². The molecule has 0 aliphatic heterocycles. The third-order valence-electron chi connectivity index (χ3n) is 4.77.